The van der Waals surface area contributed by atoms with Crippen molar-refractivity contribution in [2.75, 3.05) is 15.9 Å². The fraction of sp³-hybridized carbons (Fsp3) is 0.235. The Kier molecular flexibility index (Phi) is 5.91. The maximum Gasteiger partial charge on any atom is 0.248 e. The Balaban J connectivity index is 2.42. The lowest BCUT2D eigenvalue weighted by Gasteiger charge is -2.30. The molecule has 2 aromatic rings. The number of hydrogen-bond acceptors (Lipinski definition) is 3. The highest BCUT2D eigenvalue weighted by molar-refractivity contribution is 7.92. The van der Waals surface area contributed by atoms with Crippen molar-refractivity contribution in [2.45, 2.75) is 19.4 Å². The van der Waals surface area contributed by atoms with Crippen LogP contribution in [0.3, 0.4) is 0 Å². The van der Waals surface area contributed by atoms with Gasteiger partial charge in [0.05, 0.1) is 17.6 Å². The van der Waals surface area contributed by atoms with Crippen molar-refractivity contribution in [3.63, 3.8) is 0 Å². The van der Waals surface area contributed by atoms with Crippen LogP contribution in [0.25, 0.3) is 0 Å². The van der Waals surface area contributed by atoms with Crippen LogP contribution in [0.5, 0.6) is 0 Å². The average Bonchev–Trinajstić information content (AvgIpc) is 2.55. The zero-order valence-corrected chi connectivity index (χ0v) is 14.9. The molecule has 2 aromatic carbocycles. The van der Waals surface area contributed by atoms with Crippen molar-refractivity contribution in [1.29, 1.82) is 0 Å². The van der Waals surface area contributed by atoms with Crippen LogP contribution in [0.1, 0.15) is 13.3 Å². The number of rotatable bonds is 6. The number of carbonyl (C=O) groups excluding carboxylic acids is 1. The Morgan fingerprint density at radius 1 is 1.12 bits per heavy atom. The first-order valence-electron chi connectivity index (χ1n) is 7.65. The van der Waals surface area contributed by atoms with Gasteiger partial charge < -0.3 is 5.32 Å². The fourth-order valence-electron chi connectivity index (χ4n) is 2.47. The zero-order valence-electron chi connectivity index (χ0n) is 14.0. The fourth-order valence-corrected chi connectivity index (χ4v) is 3.69. The molecule has 0 aliphatic heterocycles. The molecule has 9 heteroatoms. The summed E-state index contributed by atoms with van der Waals surface area (Å²) in [5, 5.41) is 2.22. The summed E-state index contributed by atoms with van der Waals surface area (Å²) in [6.45, 7) is 1.53. The Hall–Kier alpha value is -2.55. The van der Waals surface area contributed by atoms with Crippen LogP contribution in [0, 0.1) is 17.5 Å². The summed E-state index contributed by atoms with van der Waals surface area (Å²) < 4.78 is 65.9. The summed E-state index contributed by atoms with van der Waals surface area (Å²) in [5.41, 5.74) is -0.603. The summed E-state index contributed by atoms with van der Waals surface area (Å²) >= 11 is 0. The molecule has 1 atom stereocenters. The third-order valence-electron chi connectivity index (χ3n) is 3.61. The van der Waals surface area contributed by atoms with Gasteiger partial charge in [0.1, 0.15) is 23.5 Å². The number of hydrogen-bond donors (Lipinski definition) is 1. The quantitative estimate of drug-likeness (QED) is 0.829. The predicted molar refractivity (Wildman–Crippen MR) is 92.8 cm³/mol. The predicted octanol–water partition coefficient (Wildman–Crippen LogP) is 3.29. The number of benzene rings is 2. The number of para-hydroxylation sites is 1. The van der Waals surface area contributed by atoms with Crippen molar-refractivity contribution >= 4 is 27.3 Å². The van der Waals surface area contributed by atoms with E-state index in [4.69, 9.17) is 0 Å². The van der Waals surface area contributed by atoms with Crippen LogP contribution in [0.15, 0.2) is 42.5 Å². The van der Waals surface area contributed by atoms with E-state index >= 15 is 0 Å². The van der Waals surface area contributed by atoms with Gasteiger partial charge in [0.15, 0.2) is 0 Å². The van der Waals surface area contributed by atoms with E-state index in [1.807, 2.05) is 0 Å². The van der Waals surface area contributed by atoms with Crippen LogP contribution in [-0.2, 0) is 14.8 Å². The summed E-state index contributed by atoms with van der Waals surface area (Å²) in [6.07, 6.45) is 0.837. The number of carbonyl (C=O) groups is 1. The van der Waals surface area contributed by atoms with E-state index in [-0.39, 0.29) is 17.8 Å². The molecular formula is C17H17F3N2O3S. The molecule has 0 bridgehead atoms. The minimum Gasteiger partial charge on any atom is -0.322 e. The molecule has 2 rings (SSSR count). The molecule has 0 spiro atoms. The summed E-state index contributed by atoms with van der Waals surface area (Å²) in [6, 6.07) is 6.33. The van der Waals surface area contributed by atoms with Crippen LogP contribution in [-0.4, -0.2) is 26.6 Å². The second kappa shape index (κ2) is 7.77. The van der Waals surface area contributed by atoms with Crippen molar-refractivity contribution in [1.82, 2.24) is 0 Å². The van der Waals surface area contributed by atoms with Crippen molar-refractivity contribution < 1.29 is 26.4 Å². The average molecular weight is 386 g/mol. The molecule has 0 saturated heterocycles. The van der Waals surface area contributed by atoms with Gasteiger partial charge in [-0.05, 0) is 30.7 Å². The molecule has 5 nitrogen and oxygen atoms in total. The minimum atomic E-state index is -4.03. The largest absolute Gasteiger partial charge is 0.322 e. The van der Waals surface area contributed by atoms with E-state index in [9.17, 15) is 26.4 Å². The van der Waals surface area contributed by atoms with Gasteiger partial charge in [0.2, 0.25) is 15.9 Å². The first-order chi connectivity index (χ1) is 12.1. The lowest BCUT2D eigenvalue weighted by molar-refractivity contribution is -0.117. The van der Waals surface area contributed by atoms with E-state index in [1.54, 1.807) is 0 Å². The molecule has 1 N–H and O–H groups in total. The Morgan fingerprint density at radius 2 is 1.77 bits per heavy atom. The van der Waals surface area contributed by atoms with Gasteiger partial charge in [-0.15, -0.1) is 0 Å². The molecule has 1 amide bonds. The van der Waals surface area contributed by atoms with Gasteiger partial charge in [-0.1, -0.05) is 19.1 Å². The Labute approximate surface area is 149 Å². The molecule has 0 aliphatic rings. The van der Waals surface area contributed by atoms with Gasteiger partial charge >= 0.3 is 0 Å². The molecule has 26 heavy (non-hydrogen) atoms. The lowest BCUT2D eigenvalue weighted by atomic mass is 10.1. The first-order valence-corrected chi connectivity index (χ1v) is 9.49. The Bertz CT molecular complexity index is 919. The zero-order chi connectivity index (χ0) is 19.5. The molecular weight excluding hydrogens is 369 g/mol. The minimum absolute atomic E-state index is 0.00392. The number of nitrogens with one attached hydrogen (secondary N) is 1. The molecule has 0 unspecified atom stereocenters. The number of anilines is 2. The number of amides is 1. The monoisotopic (exact) mass is 386 g/mol. The first kappa shape index (κ1) is 19.8. The Morgan fingerprint density at radius 3 is 2.31 bits per heavy atom. The summed E-state index contributed by atoms with van der Waals surface area (Å²) in [5.74, 6) is -3.52. The van der Waals surface area contributed by atoms with Crippen LogP contribution in [0.4, 0.5) is 24.5 Å². The van der Waals surface area contributed by atoms with E-state index in [1.165, 1.54) is 25.1 Å². The highest BCUT2D eigenvalue weighted by Gasteiger charge is 2.33. The van der Waals surface area contributed by atoms with Crippen molar-refractivity contribution in [2.24, 2.45) is 0 Å². The van der Waals surface area contributed by atoms with Crippen LogP contribution in [0.2, 0.25) is 0 Å². The third-order valence-corrected chi connectivity index (χ3v) is 4.77. The summed E-state index contributed by atoms with van der Waals surface area (Å²) in [7, 11) is -4.03. The SMILES string of the molecule is CC[C@H](C(=O)Nc1ccc(F)cc1F)N(c1ccccc1F)S(C)(=O)=O. The maximum absolute atomic E-state index is 14.1. The smallest absolute Gasteiger partial charge is 0.248 e. The second-order valence-electron chi connectivity index (χ2n) is 5.55. The van der Waals surface area contributed by atoms with Gasteiger partial charge in [-0.2, -0.15) is 0 Å². The van der Waals surface area contributed by atoms with E-state index in [0.717, 1.165) is 24.5 Å². The van der Waals surface area contributed by atoms with Gasteiger partial charge in [-0.25, -0.2) is 21.6 Å². The number of sulfonamides is 1. The molecule has 0 fully saturated rings. The topological polar surface area (TPSA) is 66.5 Å². The molecule has 140 valence electrons. The second-order valence-corrected chi connectivity index (χ2v) is 7.41. The normalized spacial score (nSPS) is 12.5. The van der Waals surface area contributed by atoms with E-state index in [0.29, 0.717) is 10.4 Å². The third kappa shape index (κ3) is 4.34. The lowest BCUT2D eigenvalue weighted by Crippen LogP contribution is -2.47. The molecule has 0 aliphatic carbocycles. The molecule has 0 heterocycles. The van der Waals surface area contributed by atoms with E-state index in [2.05, 4.69) is 5.32 Å². The van der Waals surface area contributed by atoms with Gasteiger partial charge in [-0.3, -0.25) is 9.10 Å². The highest BCUT2D eigenvalue weighted by atomic mass is 32.2. The van der Waals surface area contributed by atoms with Crippen molar-refractivity contribution in [3.8, 4) is 0 Å². The maximum atomic E-state index is 14.1. The number of nitrogens with zero attached hydrogens (tertiary/aromatic N) is 1. The van der Waals surface area contributed by atoms with Crippen LogP contribution < -0.4 is 9.62 Å². The number of halogens is 3. The molecule has 0 radical (unpaired) electrons. The molecule has 0 aromatic heterocycles. The standard InChI is InChI=1S/C17H17F3N2O3S/c1-3-15(17(23)21-14-9-8-11(18)10-13(14)20)22(26(2,24)25)16-7-5-4-6-12(16)19/h4-10,15H,3H2,1-2H3,(H,21,23)/t15-/m1/s1. The molecule has 0 saturated carbocycles. The van der Waals surface area contributed by atoms with Gasteiger partial charge in [0.25, 0.3) is 0 Å². The van der Waals surface area contributed by atoms with Crippen molar-refractivity contribution in [3.05, 3.63) is 59.9 Å². The highest BCUT2D eigenvalue weighted by Crippen LogP contribution is 2.26. The van der Waals surface area contributed by atoms with E-state index < -0.39 is 39.4 Å². The summed E-state index contributed by atoms with van der Waals surface area (Å²) in [4.78, 5) is 12.6. The van der Waals surface area contributed by atoms with Crippen LogP contribution >= 0.6 is 0 Å². The van der Waals surface area contributed by atoms with Gasteiger partial charge in [0, 0.05) is 6.07 Å².